The number of rotatable bonds is 8. The summed E-state index contributed by atoms with van der Waals surface area (Å²) in [5.41, 5.74) is 0.925. The molecule has 0 aromatic heterocycles. The average Bonchev–Trinajstić information content (AvgIpc) is 2.98. The fourth-order valence-electron chi connectivity index (χ4n) is 2.75. The Bertz CT molecular complexity index is 848. The molecule has 28 heavy (non-hydrogen) atoms. The van der Waals surface area contributed by atoms with Gasteiger partial charge < -0.3 is 19.5 Å². The second-order valence-electron chi connectivity index (χ2n) is 6.44. The Morgan fingerprint density at radius 2 is 2.07 bits per heavy atom. The Hall–Kier alpha value is -2.55. The smallest absolute Gasteiger partial charge is 0.344 e. The zero-order valence-corrected chi connectivity index (χ0v) is 17.0. The van der Waals surface area contributed by atoms with Crippen molar-refractivity contribution >= 4 is 27.8 Å². The van der Waals surface area contributed by atoms with Crippen molar-refractivity contribution < 1.29 is 32.2 Å². The van der Waals surface area contributed by atoms with E-state index in [4.69, 9.17) is 14.2 Å². The molecular weight excluding hydrogens is 386 g/mol. The van der Waals surface area contributed by atoms with Gasteiger partial charge in [-0.25, -0.2) is 13.2 Å². The van der Waals surface area contributed by atoms with Gasteiger partial charge in [0.15, 0.2) is 34.0 Å². The molecule has 1 aliphatic rings. The zero-order valence-electron chi connectivity index (χ0n) is 16.1. The number of amides is 1. The van der Waals surface area contributed by atoms with Gasteiger partial charge in [0.2, 0.25) is 0 Å². The number of esters is 1. The summed E-state index contributed by atoms with van der Waals surface area (Å²) in [7, 11) is -1.61. The van der Waals surface area contributed by atoms with Crippen LogP contribution in [0, 0.1) is 0 Å². The van der Waals surface area contributed by atoms with Crippen molar-refractivity contribution in [2.24, 2.45) is 0 Å². The van der Waals surface area contributed by atoms with Gasteiger partial charge in [-0.15, -0.1) is 0 Å². The second-order valence-corrected chi connectivity index (χ2v) is 8.67. The van der Waals surface area contributed by atoms with Gasteiger partial charge in [0.05, 0.1) is 18.6 Å². The third-order valence-corrected chi connectivity index (χ3v) is 5.92. The summed E-state index contributed by atoms with van der Waals surface area (Å²) >= 11 is 0. The molecule has 1 aliphatic heterocycles. The van der Waals surface area contributed by atoms with E-state index >= 15 is 0 Å². The largest absolute Gasteiger partial charge is 0.493 e. The van der Waals surface area contributed by atoms with Gasteiger partial charge in [0.1, 0.15) is 0 Å². The number of methoxy groups -OCH3 is 1. The van der Waals surface area contributed by atoms with E-state index in [0.29, 0.717) is 17.9 Å². The van der Waals surface area contributed by atoms with Gasteiger partial charge in [0, 0.05) is 6.04 Å². The van der Waals surface area contributed by atoms with E-state index in [-0.39, 0.29) is 11.5 Å². The minimum absolute atomic E-state index is 0.0502. The highest BCUT2D eigenvalue weighted by molar-refractivity contribution is 7.91. The monoisotopic (exact) mass is 411 g/mol. The first kappa shape index (κ1) is 21.7. The maximum Gasteiger partial charge on any atom is 0.344 e. The van der Waals surface area contributed by atoms with E-state index in [0.717, 1.165) is 5.56 Å². The first-order valence-corrected chi connectivity index (χ1v) is 10.7. The molecule has 0 spiro atoms. The fraction of sp³-hybridized carbons (Fsp3) is 0.474. The highest BCUT2D eigenvalue weighted by Gasteiger charge is 2.30. The lowest BCUT2D eigenvalue weighted by molar-refractivity contribution is -0.156. The van der Waals surface area contributed by atoms with E-state index in [2.05, 4.69) is 5.32 Å². The van der Waals surface area contributed by atoms with Gasteiger partial charge in [-0.3, -0.25) is 4.79 Å². The van der Waals surface area contributed by atoms with E-state index in [1.807, 2.05) is 25.1 Å². The lowest BCUT2D eigenvalue weighted by Gasteiger charge is -2.17. The molecule has 0 saturated carbocycles. The molecule has 154 valence electrons. The molecule has 0 bridgehead atoms. The summed E-state index contributed by atoms with van der Waals surface area (Å²) < 4.78 is 38.6. The van der Waals surface area contributed by atoms with E-state index in [1.54, 1.807) is 12.1 Å². The lowest BCUT2D eigenvalue weighted by Crippen LogP contribution is -2.43. The Morgan fingerprint density at radius 1 is 1.32 bits per heavy atom. The zero-order chi connectivity index (χ0) is 20.7. The Kier molecular flexibility index (Phi) is 7.45. The molecule has 1 fully saturated rings. The van der Waals surface area contributed by atoms with Crippen LogP contribution in [0.25, 0.3) is 6.08 Å². The van der Waals surface area contributed by atoms with Crippen molar-refractivity contribution in [3.8, 4) is 11.5 Å². The molecule has 2 rings (SSSR count). The number of nitrogens with one attached hydrogen (secondary N) is 1. The number of sulfone groups is 1. The van der Waals surface area contributed by atoms with Gasteiger partial charge in [0.25, 0.3) is 5.91 Å². The van der Waals surface area contributed by atoms with Gasteiger partial charge in [-0.1, -0.05) is 18.2 Å². The van der Waals surface area contributed by atoms with Crippen LogP contribution in [0.15, 0.2) is 24.3 Å². The normalized spacial score (nSPS) is 19.2. The number of hydrogen-bond donors (Lipinski definition) is 1. The number of allylic oxidation sites excluding steroid dienone is 1. The van der Waals surface area contributed by atoms with Crippen LogP contribution in [0.2, 0.25) is 0 Å². The van der Waals surface area contributed by atoms with E-state index in [9.17, 15) is 18.0 Å². The molecule has 2 atom stereocenters. The fourth-order valence-corrected chi connectivity index (χ4v) is 4.42. The molecule has 1 saturated heterocycles. The standard InChI is InChI=1S/C19H25NO7S/c1-4-5-14-6-7-16(17(10-14)25-3)26-11-18(21)27-13(2)19(22)20-15-8-9-28(23,24)12-15/h4-7,10,13,15H,8-9,11-12H2,1-3H3,(H,20,22)/b5-4+/t13-,15-/m0/s1. The number of hydrogen-bond acceptors (Lipinski definition) is 7. The maximum atomic E-state index is 12.1. The summed E-state index contributed by atoms with van der Waals surface area (Å²) in [6.07, 6.45) is 3.09. The van der Waals surface area contributed by atoms with Crippen LogP contribution in [-0.4, -0.2) is 57.7 Å². The van der Waals surface area contributed by atoms with Gasteiger partial charge in [-0.2, -0.15) is 0 Å². The summed E-state index contributed by atoms with van der Waals surface area (Å²) in [4.78, 5) is 24.0. The van der Waals surface area contributed by atoms with Crippen LogP contribution in [0.5, 0.6) is 11.5 Å². The van der Waals surface area contributed by atoms with Gasteiger partial charge >= 0.3 is 5.97 Å². The van der Waals surface area contributed by atoms with Crippen LogP contribution in [0.1, 0.15) is 25.8 Å². The Balaban J connectivity index is 1.84. The minimum atomic E-state index is -3.10. The van der Waals surface area contributed by atoms with Crippen LogP contribution in [-0.2, 0) is 24.2 Å². The molecule has 1 aromatic rings. The molecule has 0 radical (unpaired) electrons. The Labute approximate surface area is 164 Å². The van der Waals surface area contributed by atoms with Crippen LogP contribution in [0.3, 0.4) is 0 Å². The predicted octanol–water partition coefficient (Wildman–Crippen LogP) is 1.34. The highest BCUT2D eigenvalue weighted by Crippen LogP contribution is 2.28. The predicted molar refractivity (Wildman–Crippen MR) is 104 cm³/mol. The average molecular weight is 411 g/mol. The molecule has 1 N–H and O–H groups in total. The highest BCUT2D eigenvalue weighted by atomic mass is 32.2. The number of ether oxygens (including phenoxy) is 3. The number of carbonyl (C=O) groups excluding carboxylic acids is 2. The third-order valence-electron chi connectivity index (χ3n) is 4.15. The first-order valence-electron chi connectivity index (χ1n) is 8.88. The van der Waals surface area contributed by atoms with Crippen molar-refractivity contribution in [3.05, 3.63) is 29.8 Å². The molecule has 0 aliphatic carbocycles. The topological polar surface area (TPSA) is 108 Å². The molecule has 8 nitrogen and oxygen atoms in total. The molecule has 9 heteroatoms. The van der Waals surface area contributed by atoms with Crippen LogP contribution in [0.4, 0.5) is 0 Å². The van der Waals surface area contributed by atoms with Crippen molar-refractivity contribution in [2.45, 2.75) is 32.4 Å². The summed E-state index contributed by atoms with van der Waals surface area (Å²) in [5, 5.41) is 2.59. The van der Waals surface area contributed by atoms with Crippen molar-refractivity contribution in [1.29, 1.82) is 0 Å². The quantitative estimate of drug-likeness (QED) is 0.643. The molecule has 1 amide bonds. The van der Waals surface area contributed by atoms with Crippen molar-refractivity contribution in [2.75, 3.05) is 25.2 Å². The number of benzene rings is 1. The first-order chi connectivity index (χ1) is 13.2. The lowest BCUT2D eigenvalue weighted by atomic mass is 10.2. The number of carbonyl (C=O) groups is 2. The van der Waals surface area contributed by atoms with E-state index in [1.165, 1.54) is 14.0 Å². The van der Waals surface area contributed by atoms with Gasteiger partial charge in [-0.05, 0) is 38.0 Å². The summed E-state index contributed by atoms with van der Waals surface area (Å²) in [5.74, 6) is -0.456. The third kappa shape index (κ3) is 6.26. The second kappa shape index (κ2) is 9.59. The molecule has 1 heterocycles. The Morgan fingerprint density at radius 3 is 2.68 bits per heavy atom. The van der Waals surface area contributed by atoms with Crippen LogP contribution < -0.4 is 14.8 Å². The minimum Gasteiger partial charge on any atom is -0.493 e. The van der Waals surface area contributed by atoms with E-state index < -0.39 is 40.5 Å². The molecule has 1 aromatic carbocycles. The SMILES string of the molecule is C/C=C/c1ccc(OCC(=O)O[C@@H](C)C(=O)N[C@H]2CCS(=O)(=O)C2)c(OC)c1. The van der Waals surface area contributed by atoms with Crippen LogP contribution >= 0.6 is 0 Å². The summed E-state index contributed by atoms with van der Waals surface area (Å²) in [6, 6.07) is 4.81. The molecule has 0 unspecified atom stereocenters. The maximum absolute atomic E-state index is 12.1. The molecular formula is C19H25NO7S. The van der Waals surface area contributed by atoms with Crippen molar-refractivity contribution in [3.63, 3.8) is 0 Å². The van der Waals surface area contributed by atoms with Crippen molar-refractivity contribution in [1.82, 2.24) is 5.32 Å². The summed E-state index contributed by atoms with van der Waals surface area (Å²) in [6.45, 7) is 2.92.